The number of fused-ring (bicyclic) bond motifs is 4. The van der Waals surface area contributed by atoms with Gasteiger partial charge in [0.15, 0.2) is 11.5 Å². The Balaban J connectivity index is 1.47. The zero-order chi connectivity index (χ0) is 32.7. The molecule has 0 saturated heterocycles. The van der Waals surface area contributed by atoms with E-state index in [4.69, 9.17) is 15.7 Å². The van der Waals surface area contributed by atoms with Crippen molar-refractivity contribution in [3.8, 4) is 34.3 Å². The van der Waals surface area contributed by atoms with E-state index in [9.17, 15) is 14.9 Å². The van der Waals surface area contributed by atoms with Crippen LogP contribution in [0.25, 0.3) is 28.2 Å². The maximum Gasteiger partial charge on any atom is 0.254 e. The van der Waals surface area contributed by atoms with E-state index in [1.54, 1.807) is 25.1 Å². The van der Waals surface area contributed by atoms with Crippen molar-refractivity contribution in [1.82, 2.24) is 34.3 Å². The Morgan fingerprint density at radius 3 is 2.84 bits per heavy atom. The average Bonchev–Trinajstić information content (AvgIpc) is 3.68. The minimum absolute atomic E-state index is 0.00950. The number of nitrogens with zero attached hydrogens (tertiary/aromatic N) is 8. The smallest absolute Gasteiger partial charge is 0.254 e. The highest BCUT2D eigenvalue weighted by atomic mass is 35.5. The van der Waals surface area contributed by atoms with Gasteiger partial charge in [0.05, 0.1) is 58.1 Å². The molecule has 1 amide bonds. The number of nitrogens with one attached hydrogen (secondary N) is 1. The number of rotatable bonds is 3. The second kappa shape index (κ2) is 11.3. The van der Waals surface area contributed by atoms with E-state index >= 15 is 4.39 Å². The Morgan fingerprint density at radius 2 is 2.07 bits per heavy atom. The van der Waals surface area contributed by atoms with Gasteiger partial charge in [0.1, 0.15) is 6.07 Å². The van der Waals surface area contributed by atoms with Gasteiger partial charge in [0, 0.05) is 28.6 Å². The SMILES string of the molecule is [2H]C([2H])([2H])n1ncc2c1-c1cccc(c1)[C@@H](n1cnc(-c3c(-n4cc(C#N)nn4)ccc(Cl)c3F)cc1=O)CCC[C@@H](C)C(=O)N2. The molecule has 0 radical (unpaired) electrons. The van der Waals surface area contributed by atoms with Crippen molar-refractivity contribution in [1.29, 1.82) is 5.26 Å². The summed E-state index contributed by atoms with van der Waals surface area (Å²) in [5.41, 5.74) is 1.22. The number of amides is 1. The van der Waals surface area contributed by atoms with Crippen LogP contribution in [-0.4, -0.2) is 40.2 Å². The van der Waals surface area contributed by atoms with Crippen LogP contribution in [0.15, 0.2) is 66.0 Å². The van der Waals surface area contributed by atoms with Gasteiger partial charge in [-0.05, 0) is 36.6 Å². The molecule has 0 aliphatic carbocycles. The molecular formula is C30H25ClFN9O2. The van der Waals surface area contributed by atoms with Crippen LogP contribution in [0.2, 0.25) is 5.02 Å². The minimum Gasteiger partial charge on any atom is -0.323 e. The van der Waals surface area contributed by atoms with Crippen LogP contribution < -0.4 is 10.9 Å². The number of hydrogen-bond acceptors (Lipinski definition) is 7. The van der Waals surface area contributed by atoms with Gasteiger partial charge in [0.25, 0.3) is 5.56 Å². The third-order valence-electron chi connectivity index (χ3n) is 7.49. The fourth-order valence-electron chi connectivity index (χ4n) is 5.27. The molecule has 0 spiro atoms. The zero-order valence-electron chi connectivity index (χ0n) is 25.7. The molecule has 5 aromatic rings. The van der Waals surface area contributed by atoms with E-state index in [-0.39, 0.29) is 44.9 Å². The minimum atomic E-state index is -2.62. The maximum atomic E-state index is 15.5. The van der Waals surface area contributed by atoms with Gasteiger partial charge in [-0.2, -0.15) is 10.4 Å². The molecule has 0 unspecified atom stereocenters. The fourth-order valence-corrected chi connectivity index (χ4v) is 5.43. The van der Waals surface area contributed by atoms with Crippen LogP contribution >= 0.6 is 11.6 Å². The van der Waals surface area contributed by atoms with Gasteiger partial charge in [-0.25, -0.2) is 14.1 Å². The quantitative estimate of drug-likeness (QED) is 0.311. The van der Waals surface area contributed by atoms with Gasteiger partial charge in [0.2, 0.25) is 5.91 Å². The van der Waals surface area contributed by atoms with Gasteiger partial charge in [-0.3, -0.25) is 18.8 Å². The van der Waals surface area contributed by atoms with E-state index in [0.29, 0.717) is 30.4 Å². The number of aromatic nitrogens is 7. The van der Waals surface area contributed by atoms with Gasteiger partial charge >= 0.3 is 0 Å². The van der Waals surface area contributed by atoms with Crippen molar-refractivity contribution in [2.75, 3.05) is 5.32 Å². The van der Waals surface area contributed by atoms with Gasteiger partial charge in [-0.15, -0.1) is 5.10 Å². The maximum absolute atomic E-state index is 15.5. The molecule has 6 rings (SSSR count). The summed E-state index contributed by atoms with van der Waals surface area (Å²) in [4.78, 5) is 31.3. The monoisotopic (exact) mass is 600 g/mol. The second-order valence-electron chi connectivity index (χ2n) is 10.2. The van der Waals surface area contributed by atoms with Crippen molar-refractivity contribution < 1.29 is 13.3 Å². The summed E-state index contributed by atoms with van der Waals surface area (Å²) in [5.74, 6) is -1.52. The molecule has 13 heteroatoms. The first kappa shape index (κ1) is 24.4. The molecule has 2 aromatic carbocycles. The molecule has 216 valence electrons. The summed E-state index contributed by atoms with van der Waals surface area (Å²) >= 11 is 6.11. The number of aryl methyl sites for hydroxylation is 1. The predicted molar refractivity (Wildman–Crippen MR) is 157 cm³/mol. The molecule has 1 aliphatic heterocycles. The van der Waals surface area contributed by atoms with Crippen LogP contribution in [0, 0.1) is 23.1 Å². The molecular weight excluding hydrogens is 573 g/mol. The summed E-state index contributed by atoms with van der Waals surface area (Å²) in [6.45, 7) is -0.846. The predicted octanol–water partition coefficient (Wildman–Crippen LogP) is 4.90. The number of carbonyl (C=O) groups is 1. The third kappa shape index (κ3) is 5.19. The zero-order valence-corrected chi connectivity index (χ0v) is 23.5. The highest BCUT2D eigenvalue weighted by Gasteiger charge is 2.24. The van der Waals surface area contributed by atoms with E-state index in [0.717, 1.165) is 4.68 Å². The van der Waals surface area contributed by atoms with Crippen molar-refractivity contribution in [2.24, 2.45) is 12.9 Å². The Hall–Kier alpha value is -5.15. The Labute approximate surface area is 254 Å². The number of hydrogen-bond donors (Lipinski definition) is 1. The molecule has 2 atom stereocenters. The van der Waals surface area contributed by atoms with E-state index in [2.05, 4.69) is 25.7 Å². The largest absolute Gasteiger partial charge is 0.323 e. The molecule has 0 fully saturated rings. The number of nitriles is 1. The lowest BCUT2D eigenvalue weighted by Crippen LogP contribution is -2.26. The van der Waals surface area contributed by atoms with E-state index in [1.807, 2.05) is 12.1 Å². The van der Waals surface area contributed by atoms with Gasteiger partial charge in [-0.1, -0.05) is 48.4 Å². The van der Waals surface area contributed by atoms with Crippen molar-refractivity contribution in [2.45, 2.75) is 32.2 Å². The van der Waals surface area contributed by atoms with Crippen LogP contribution in [0.4, 0.5) is 10.1 Å². The normalized spacial score (nSPS) is 18.2. The first-order chi connectivity index (χ1) is 22.0. The lowest BCUT2D eigenvalue weighted by Gasteiger charge is -2.23. The fraction of sp³-hybridized carbons (Fsp3) is 0.233. The molecule has 3 aromatic heterocycles. The summed E-state index contributed by atoms with van der Waals surface area (Å²) in [6, 6.07) is 12.3. The first-order valence-electron chi connectivity index (χ1n) is 14.9. The third-order valence-corrected chi connectivity index (χ3v) is 7.78. The topological polar surface area (TPSA) is 136 Å². The van der Waals surface area contributed by atoms with Crippen LogP contribution in [0.1, 0.15) is 47.6 Å². The number of carbonyl (C=O) groups excluding carboxylic acids is 1. The number of benzene rings is 2. The summed E-state index contributed by atoms with van der Waals surface area (Å²) in [5, 5.41) is 23.5. The molecule has 0 saturated carbocycles. The molecule has 1 aliphatic rings. The average molecular weight is 601 g/mol. The second-order valence-corrected chi connectivity index (χ2v) is 10.6. The lowest BCUT2D eigenvalue weighted by atomic mass is 9.94. The van der Waals surface area contributed by atoms with Crippen LogP contribution in [0.5, 0.6) is 0 Å². The lowest BCUT2D eigenvalue weighted by molar-refractivity contribution is -0.119. The molecule has 43 heavy (non-hydrogen) atoms. The standard InChI is InChI=1S/C30H25ClFN9O2/c1-17-5-3-8-24(18-6-4-7-19(11-18)29-23(36-30(17)43)14-35-39(29)2)40-16-34-22(12-26(40)42)27-25(10-9-21(31)28(27)32)41-15-20(13-33)37-38-41/h4,6-7,9-12,14-17,24H,3,5,8H2,1-2H3,(H,36,43)/t17-,24+/m1/s1/i2D3. The number of anilines is 1. The van der Waals surface area contributed by atoms with E-state index < -0.39 is 30.3 Å². The van der Waals surface area contributed by atoms with Crippen molar-refractivity contribution in [3.63, 3.8) is 0 Å². The van der Waals surface area contributed by atoms with Crippen molar-refractivity contribution >= 4 is 23.2 Å². The Kier molecular flexibility index (Phi) is 6.40. The van der Waals surface area contributed by atoms with E-state index in [1.165, 1.54) is 46.2 Å². The van der Waals surface area contributed by atoms with Crippen LogP contribution in [0.3, 0.4) is 0 Å². The van der Waals surface area contributed by atoms with Crippen molar-refractivity contribution in [3.05, 3.63) is 93.6 Å². The molecule has 1 N–H and O–H groups in total. The first-order valence-corrected chi connectivity index (χ1v) is 13.7. The molecule has 2 bridgehead atoms. The summed E-state index contributed by atoms with van der Waals surface area (Å²) in [6.07, 6.45) is 5.46. The number of halogens is 2. The molecule has 4 heterocycles. The summed E-state index contributed by atoms with van der Waals surface area (Å²) < 4.78 is 43.0. The Morgan fingerprint density at radius 1 is 1.21 bits per heavy atom. The van der Waals surface area contributed by atoms with Gasteiger partial charge < -0.3 is 5.32 Å². The summed E-state index contributed by atoms with van der Waals surface area (Å²) in [7, 11) is 0. The highest BCUT2D eigenvalue weighted by molar-refractivity contribution is 6.31. The highest BCUT2D eigenvalue weighted by Crippen LogP contribution is 2.35. The van der Waals surface area contributed by atoms with Crippen LogP contribution in [-0.2, 0) is 11.8 Å². The Bertz CT molecular complexity index is 2080. The molecule has 11 nitrogen and oxygen atoms in total.